The van der Waals surface area contributed by atoms with Gasteiger partial charge in [0.15, 0.2) is 0 Å². The second-order valence-electron chi connectivity index (χ2n) is 5.94. The molecule has 29 heavy (non-hydrogen) atoms. The van der Waals surface area contributed by atoms with E-state index in [4.69, 9.17) is 14.6 Å². The highest BCUT2D eigenvalue weighted by atomic mass is 79.9. The van der Waals surface area contributed by atoms with Crippen LogP contribution in [0.25, 0.3) is 0 Å². The second kappa shape index (κ2) is 8.64. The number of anilines is 1. The molecular formula is C20H17BrN2O5S. The van der Waals surface area contributed by atoms with Crippen molar-refractivity contribution < 1.29 is 22.7 Å². The molecule has 0 spiro atoms. The number of hydrogen-bond acceptors (Lipinski definition) is 5. The molecule has 0 saturated carbocycles. The van der Waals surface area contributed by atoms with E-state index in [9.17, 15) is 13.2 Å². The van der Waals surface area contributed by atoms with Crippen molar-refractivity contribution in [3.8, 4) is 17.2 Å². The van der Waals surface area contributed by atoms with Crippen molar-refractivity contribution >= 4 is 37.5 Å². The lowest BCUT2D eigenvalue weighted by Gasteiger charge is -2.11. The Morgan fingerprint density at radius 1 is 0.966 bits per heavy atom. The normalized spacial score (nSPS) is 11.0. The Morgan fingerprint density at radius 3 is 2.10 bits per heavy atom. The number of ether oxygens (including phenoxy) is 2. The van der Waals surface area contributed by atoms with Crippen LogP contribution in [0, 0.1) is 0 Å². The Labute approximate surface area is 176 Å². The van der Waals surface area contributed by atoms with Gasteiger partial charge in [0.1, 0.15) is 17.2 Å². The van der Waals surface area contributed by atoms with Gasteiger partial charge in [-0.25, -0.2) is 13.6 Å². The highest BCUT2D eigenvalue weighted by molar-refractivity contribution is 9.10. The first-order valence-electron chi connectivity index (χ1n) is 8.32. The average molecular weight is 477 g/mol. The molecule has 0 radical (unpaired) electrons. The van der Waals surface area contributed by atoms with Crippen LogP contribution in [0.3, 0.4) is 0 Å². The third-order valence-corrected chi connectivity index (χ3v) is 5.35. The fourth-order valence-corrected chi connectivity index (χ4v) is 3.29. The van der Waals surface area contributed by atoms with E-state index in [1.165, 1.54) is 25.3 Å². The fraction of sp³-hybridized carbons (Fsp3) is 0.0500. The fourth-order valence-electron chi connectivity index (χ4n) is 2.48. The zero-order valence-corrected chi connectivity index (χ0v) is 17.7. The molecule has 0 aromatic heterocycles. The molecule has 0 heterocycles. The highest BCUT2D eigenvalue weighted by Gasteiger charge is 2.17. The van der Waals surface area contributed by atoms with Gasteiger partial charge < -0.3 is 14.8 Å². The van der Waals surface area contributed by atoms with Crippen LogP contribution in [0.15, 0.2) is 76.1 Å². The lowest BCUT2D eigenvalue weighted by atomic mass is 10.2. The molecule has 3 aromatic rings. The summed E-state index contributed by atoms with van der Waals surface area (Å²) in [4.78, 5) is 12.4. The lowest BCUT2D eigenvalue weighted by molar-refractivity contribution is 0.102. The van der Waals surface area contributed by atoms with E-state index >= 15 is 0 Å². The van der Waals surface area contributed by atoms with Crippen molar-refractivity contribution in [3.05, 3.63) is 76.8 Å². The third kappa shape index (κ3) is 5.35. The maximum atomic E-state index is 12.6. The largest absolute Gasteiger partial charge is 0.496 e. The van der Waals surface area contributed by atoms with Gasteiger partial charge in [-0.05, 0) is 66.7 Å². The lowest BCUT2D eigenvalue weighted by Crippen LogP contribution is -2.16. The minimum atomic E-state index is -3.95. The number of rotatable bonds is 6. The predicted molar refractivity (Wildman–Crippen MR) is 113 cm³/mol. The molecule has 9 heteroatoms. The van der Waals surface area contributed by atoms with E-state index in [0.717, 1.165) is 4.47 Å². The van der Waals surface area contributed by atoms with Crippen LogP contribution in [0.1, 0.15) is 10.4 Å². The van der Waals surface area contributed by atoms with Crippen molar-refractivity contribution in [2.45, 2.75) is 4.90 Å². The van der Waals surface area contributed by atoms with Crippen LogP contribution in [0.5, 0.6) is 17.2 Å². The number of primary sulfonamides is 1. The summed E-state index contributed by atoms with van der Waals surface area (Å²) >= 11 is 3.36. The van der Waals surface area contributed by atoms with Crippen LogP contribution in [-0.4, -0.2) is 21.4 Å². The maximum absolute atomic E-state index is 12.6. The van der Waals surface area contributed by atoms with E-state index in [-0.39, 0.29) is 16.2 Å². The molecule has 150 valence electrons. The molecule has 0 aliphatic rings. The average Bonchev–Trinajstić information content (AvgIpc) is 2.70. The Morgan fingerprint density at radius 2 is 1.55 bits per heavy atom. The van der Waals surface area contributed by atoms with Gasteiger partial charge >= 0.3 is 0 Å². The SMILES string of the molecule is COc1ccc(S(N)(=O)=O)cc1C(=O)Nc1ccc(Oc2ccc(Br)cc2)cc1. The van der Waals surface area contributed by atoms with E-state index in [1.807, 2.05) is 24.3 Å². The first-order chi connectivity index (χ1) is 13.8. The summed E-state index contributed by atoms with van der Waals surface area (Å²) in [6, 6.07) is 18.0. The summed E-state index contributed by atoms with van der Waals surface area (Å²) < 4.78 is 34.9. The van der Waals surface area contributed by atoms with E-state index in [0.29, 0.717) is 17.2 Å². The minimum Gasteiger partial charge on any atom is -0.496 e. The molecule has 0 aliphatic heterocycles. The zero-order valence-electron chi connectivity index (χ0n) is 15.3. The van der Waals surface area contributed by atoms with Gasteiger partial charge in [-0.2, -0.15) is 0 Å². The van der Waals surface area contributed by atoms with Gasteiger partial charge in [-0.3, -0.25) is 4.79 Å². The number of carbonyl (C=O) groups is 1. The zero-order chi connectivity index (χ0) is 21.0. The summed E-state index contributed by atoms with van der Waals surface area (Å²) in [5.41, 5.74) is 0.551. The smallest absolute Gasteiger partial charge is 0.259 e. The highest BCUT2D eigenvalue weighted by Crippen LogP contribution is 2.26. The van der Waals surface area contributed by atoms with Crippen LogP contribution in [-0.2, 0) is 10.0 Å². The second-order valence-corrected chi connectivity index (χ2v) is 8.42. The molecule has 7 nitrogen and oxygen atoms in total. The van der Waals surface area contributed by atoms with Crippen molar-refractivity contribution in [2.75, 3.05) is 12.4 Å². The topological polar surface area (TPSA) is 108 Å². The van der Waals surface area contributed by atoms with Crippen LogP contribution in [0.4, 0.5) is 5.69 Å². The minimum absolute atomic E-state index is 0.0502. The van der Waals surface area contributed by atoms with Crippen LogP contribution in [0.2, 0.25) is 0 Å². The van der Waals surface area contributed by atoms with Crippen molar-refractivity contribution in [1.82, 2.24) is 0 Å². The number of methoxy groups -OCH3 is 1. The van der Waals surface area contributed by atoms with Gasteiger partial charge in [0.25, 0.3) is 5.91 Å². The molecule has 0 fully saturated rings. The predicted octanol–water partition coefficient (Wildman–Crippen LogP) is 4.15. The van der Waals surface area contributed by atoms with E-state index in [1.54, 1.807) is 24.3 Å². The Kier molecular flexibility index (Phi) is 6.21. The molecule has 1 amide bonds. The number of benzene rings is 3. The Bertz CT molecular complexity index is 1130. The number of nitrogens with one attached hydrogen (secondary N) is 1. The summed E-state index contributed by atoms with van der Waals surface area (Å²) in [6.45, 7) is 0. The molecule has 0 bridgehead atoms. The van der Waals surface area contributed by atoms with Gasteiger partial charge in [0, 0.05) is 10.2 Å². The van der Waals surface area contributed by atoms with Crippen LogP contribution < -0.4 is 19.9 Å². The van der Waals surface area contributed by atoms with Crippen molar-refractivity contribution in [3.63, 3.8) is 0 Å². The number of sulfonamides is 1. The molecular weight excluding hydrogens is 460 g/mol. The van der Waals surface area contributed by atoms with Gasteiger partial charge in [-0.1, -0.05) is 15.9 Å². The van der Waals surface area contributed by atoms with E-state index < -0.39 is 15.9 Å². The first-order valence-corrected chi connectivity index (χ1v) is 10.7. The Balaban J connectivity index is 1.76. The number of hydrogen-bond donors (Lipinski definition) is 2. The van der Waals surface area contributed by atoms with Gasteiger partial charge in [-0.15, -0.1) is 0 Å². The molecule has 0 atom stereocenters. The monoisotopic (exact) mass is 476 g/mol. The number of carbonyl (C=O) groups excluding carboxylic acids is 1. The number of nitrogens with two attached hydrogens (primary N) is 1. The number of amides is 1. The summed E-state index contributed by atoms with van der Waals surface area (Å²) in [6.07, 6.45) is 0. The van der Waals surface area contributed by atoms with Crippen molar-refractivity contribution in [1.29, 1.82) is 0 Å². The standard InChI is InChI=1S/C20H17BrN2O5S/c1-27-19-11-10-17(29(22,25)26)12-18(19)20(24)23-14-4-8-16(9-5-14)28-15-6-2-13(21)3-7-15/h2-12H,1H3,(H,23,24)(H2,22,25,26). The molecule has 3 N–H and O–H groups in total. The van der Waals surface area contributed by atoms with Crippen LogP contribution >= 0.6 is 15.9 Å². The summed E-state index contributed by atoms with van der Waals surface area (Å²) in [7, 11) is -2.56. The quantitative estimate of drug-likeness (QED) is 0.555. The van der Waals surface area contributed by atoms with Gasteiger partial charge in [0.05, 0.1) is 17.6 Å². The van der Waals surface area contributed by atoms with Crippen molar-refractivity contribution in [2.24, 2.45) is 5.14 Å². The Hall–Kier alpha value is -2.88. The van der Waals surface area contributed by atoms with Gasteiger partial charge in [0.2, 0.25) is 10.0 Å². The molecule has 3 aromatic carbocycles. The number of halogens is 1. The first kappa shape index (κ1) is 20.8. The van der Waals surface area contributed by atoms with E-state index in [2.05, 4.69) is 21.2 Å². The molecule has 0 unspecified atom stereocenters. The molecule has 0 saturated heterocycles. The third-order valence-electron chi connectivity index (χ3n) is 3.91. The summed E-state index contributed by atoms with van der Waals surface area (Å²) in [5, 5.41) is 7.84. The maximum Gasteiger partial charge on any atom is 0.259 e. The summed E-state index contributed by atoms with van der Waals surface area (Å²) in [5.74, 6) is 0.965. The molecule has 0 aliphatic carbocycles. The molecule has 3 rings (SSSR count).